The van der Waals surface area contributed by atoms with Gasteiger partial charge in [0.05, 0.1) is 32.1 Å². The van der Waals surface area contributed by atoms with Crippen molar-refractivity contribution >= 4 is 16.9 Å². The maximum Gasteiger partial charge on any atom is 0.177 e. The van der Waals surface area contributed by atoms with Crippen LogP contribution >= 0.6 is 0 Å². The molecule has 2 fully saturated rings. The molecule has 5 heterocycles. The second kappa shape index (κ2) is 6.94. The van der Waals surface area contributed by atoms with E-state index in [1.54, 1.807) is 6.20 Å². The lowest BCUT2D eigenvalue weighted by Crippen LogP contribution is -2.44. The zero-order chi connectivity index (χ0) is 18.2. The summed E-state index contributed by atoms with van der Waals surface area (Å²) in [5, 5.41) is 12.8. The first kappa shape index (κ1) is 16.7. The van der Waals surface area contributed by atoms with Gasteiger partial charge in [-0.25, -0.2) is 4.98 Å². The Labute approximate surface area is 157 Å². The van der Waals surface area contributed by atoms with E-state index in [9.17, 15) is 0 Å². The van der Waals surface area contributed by atoms with Crippen LogP contribution in [-0.2, 0) is 9.47 Å². The fourth-order valence-electron chi connectivity index (χ4n) is 4.09. The van der Waals surface area contributed by atoms with Crippen molar-refractivity contribution in [3.05, 3.63) is 30.1 Å². The number of pyridine rings is 1. The molecule has 2 atom stereocenters. The van der Waals surface area contributed by atoms with E-state index in [0.717, 1.165) is 68.5 Å². The molecule has 5 rings (SSSR count). The third-order valence-corrected chi connectivity index (χ3v) is 5.52. The summed E-state index contributed by atoms with van der Waals surface area (Å²) < 4.78 is 13.2. The van der Waals surface area contributed by atoms with Gasteiger partial charge in [-0.1, -0.05) is 0 Å². The number of H-pyrrole nitrogens is 1. The van der Waals surface area contributed by atoms with Gasteiger partial charge >= 0.3 is 0 Å². The largest absolute Gasteiger partial charge is 0.381 e. The number of ether oxygens (including phenoxy) is 2. The van der Waals surface area contributed by atoms with Gasteiger partial charge in [-0.15, -0.1) is 0 Å². The van der Waals surface area contributed by atoms with Gasteiger partial charge in [0.1, 0.15) is 5.82 Å². The molecule has 2 aliphatic rings. The third kappa shape index (κ3) is 2.98. The minimum absolute atomic E-state index is 0.293. The molecule has 3 aromatic rings. The van der Waals surface area contributed by atoms with Crippen LogP contribution in [0.25, 0.3) is 16.9 Å². The lowest BCUT2D eigenvalue weighted by Gasteiger charge is -2.35. The first-order chi connectivity index (χ1) is 13.3. The second-order valence-electron chi connectivity index (χ2n) is 7.33. The van der Waals surface area contributed by atoms with Crippen LogP contribution in [0.15, 0.2) is 24.5 Å². The molecule has 142 valence electrons. The monoisotopic (exact) mass is 368 g/mol. The van der Waals surface area contributed by atoms with Crippen molar-refractivity contribution in [3.63, 3.8) is 0 Å². The van der Waals surface area contributed by atoms with Gasteiger partial charge in [-0.2, -0.15) is 14.9 Å². The molecule has 1 unspecified atom stereocenters. The maximum atomic E-state index is 5.77. The molecule has 0 saturated carbocycles. The van der Waals surface area contributed by atoms with Crippen LogP contribution in [0.1, 0.15) is 31.2 Å². The Morgan fingerprint density at radius 1 is 1.19 bits per heavy atom. The van der Waals surface area contributed by atoms with E-state index in [2.05, 4.69) is 33.2 Å². The third-order valence-electron chi connectivity index (χ3n) is 5.52. The summed E-state index contributed by atoms with van der Waals surface area (Å²) in [4.78, 5) is 7.33. The van der Waals surface area contributed by atoms with Gasteiger partial charge in [0, 0.05) is 36.7 Å². The Morgan fingerprint density at radius 3 is 2.89 bits per heavy atom. The van der Waals surface area contributed by atoms with Crippen molar-refractivity contribution in [2.24, 2.45) is 0 Å². The van der Waals surface area contributed by atoms with Crippen molar-refractivity contribution in [1.82, 2.24) is 25.0 Å². The van der Waals surface area contributed by atoms with Crippen LogP contribution in [-0.4, -0.2) is 64.0 Å². The summed E-state index contributed by atoms with van der Waals surface area (Å²) in [5.41, 5.74) is 2.12. The van der Waals surface area contributed by atoms with E-state index >= 15 is 0 Å². The summed E-state index contributed by atoms with van der Waals surface area (Å²) in [6, 6.07) is 4.43. The first-order valence-electron chi connectivity index (χ1n) is 9.62. The summed E-state index contributed by atoms with van der Waals surface area (Å²) in [5.74, 6) is 2.10. The molecule has 0 amide bonds. The van der Waals surface area contributed by atoms with Crippen molar-refractivity contribution in [1.29, 1.82) is 0 Å². The number of hydrogen-bond donors (Lipinski definition) is 1. The minimum atomic E-state index is 0.293. The smallest absolute Gasteiger partial charge is 0.177 e. The Balaban J connectivity index is 1.67. The quantitative estimate of drug-likeness (QED) is 0.764. The predicted molar refractivity (Wildman–Crippen MR) is 101 cm³/mol. The molecule has 1 N–H and O–H groups in total. The Kier molecular flexibility index (Phi) is 4.29. The summed E-state index contributed by atoms with van der Waals surface area (Å²) in [6.07, 6.45) is 5.93. The molecule has 0 aromatic carbocycles. The van der Waals surface area contributed by atoms with E-state index in [0.29, 0.717) is 12.0 Å². The normalized spacial score (nSPS) is 23.8. The maximum absolute atomic E-state index is 5.77. The van der Waals surface area contributed by atoms with Crippen molar-refractivity contribution in [3.8, 4) is 5.82 Å². The molecule has 2 aliphatic heterocycles. The zero-order valence-electron chi connectivity index (χ0n) is 15.5. The molecule has 27 heavy (non-hydrogen) atoms. The number of hydrogen-bond acceptors (Lipinski definition) is 6. The van der Waals surface area contributed by atoms with Gasteiger partial charge in [-0.3, -0.25) is 5.10 Å². The van der Waals surface area contributed by atoms with E-state index in [4.69, 9.17) is 14.5 Å². The number of rotatable bonds is 3. The lowest BCUT2D eigenvalue weighted by molar-refractivity contribution is 0.0807. The van der Waals surface area contributed by atoms with Crippen molar-refractivity contribution < 1.29 is 9.47 Å². The lowest BCUT2D eigenvalue weighted by atomic mass is 9.92. The number of aromatic amines is 1. The summed E-state index contributed by atoms with van der Waals surface area (Å²) >= 11 is 0. The van der Waals surface area contributed by atoms with Crippen LogP contribution < -0.4 is 4.90 Å². The number of fused-ring (bicyclic) bond motifs is 1. The van der Waals surface area contributed by atoms with Crippen LogP contribution in [0, 0.1) is 0 Å². The number of aromatic nitrogens is 5. The standard InChI is InChI=1S/C19H24N6O2/c1-13-11-27-8-6-24(13)18-9-15(14-3-2-7-26-12-14)16-10-21-25(19(16)22-18)17-4-5-20-23-17/h4-5,9-10,13-14H,2-3,6-8,11-12H2,1H3,(H,20,23)/t13-,14?/m1/s1. The minimum Gasteiger partial charge on any atom is -0.381 e. The molecule has 8 nitrogen and oxygen atoms in total. The first-order valence-corrected chi connectivity index (χ1v) is 9.62. The number of anilines is 1. The van der Waals surface area contributed by atoms with E-state index in [1.165, 1.54) is 5.56 Å². The molecule has 2 saturated heterocycles. The van der Waals surface area contributed by atoms with Crippen LogP contribution in [0.4, 0.5) is 5.82 Å². The van der Waals surface area contributed by atoms with Gasteiger partial charge in [-0.05, 0) is 31.4 Å². The highest BCUT2D eigenvalue weighted by Crippen LogP contribution is 2.34. The van der Waals surface area contributed by atoms with Gasteiger partial charge in [0.2, 0.25) is 0 Å². The fraction of sp³-hybridized carbons (Fsp3) is 0.526. The van der Waals surface area contributed by atoms with E-state index in [-0.39, 0.29) is 0 Å². The van der Waals surface area contributed by atoms with Gasteiger partial charge in [0.25, 0.3) is 0 Å². The van der Waals surface area contributed by atoms with E-state index in [1.807, 2.05) is 16.9 Å². The number of nitrogens with zero attached hydrogens (tertiary/aromatic N) is 5. The van der Waals surface area contributed by atoms with E-state index < -0.39 is 0 Å². The van der Waals surface area contributed by atoms with Crippen LogP contribution in [0.5, 0.6) is 0 Å². The predicted octanol–water partition coefficient (Wildman–Crippen LogP) is 2.26. The Hall–Kier alpha value is -2.45. The highest BCUT2D eigenvalue weighted by Gasteiger charge is 2.26. The van der Waals surface area contributed by atoms with Crippen molar-refractivity contribution in [2.75, 3.05) is 37.9 Å². The fourth-order valence-corrected chi connectivity index (χ4v) is 4.09. The number of morpholine rings is 1. The average molecular weight is 368 g/mol. The molecule has 0 bridgehead atoms. The summed E-state index contributed by atoms with van der Waals surface area (Å²) in [6.45, 7) is 6.08. The molecule has 0 radical (unpaired) electrons. The highest BCUT2D eigenvalue weighted by molar-refractivity contribution is 5.83. The average Bonchev–Trinajstić information content (AvgIpc) is 3.38. The van der Waals surface area contributed by atoms with Crippen molar-refractivity contribution in [2.45, 2.75) is 31.7 Å². The van der Waals surface area contributed by atoms with Crippen LogP contribution in [0.2, 0.25) is 0 Å². The zero-order valence-corrected chi connectivity index (χ0v) is 15.5. The molecular formula is C19H24N6O2. The molecule has 0 aliphatic carbocycles. The second-order valence-corrected chi connectivity index (χ2v) is 7.33. The summed E-state index contributed by atoms with van der Waals surface area (Å²) in [7, 11) is 0. The molecule has 3 aromatic heterocycles. The van der Waals surface area contributed by atoms with Gasteiger partial charge < -0.3 is 14.4 Å². The van der Waals surface area contributed by atoms with Crippen LogP contribution in [0.3, 0.4) is 0 Å². The molecular weight excluding hydrogens is 344 g/mol. The van der Waals surface area contributed by atoms with Gasteiger partial charge in [0.15, 0.2) is 11.5 Å². The molecule has 0 spiro atoms. The highest BCUT2D eigenvalue weighted by atomic mass is 16.5. The number of nitrogens with one attached hydrogen (secondary N) is 1. The topological polar surface area (TPSA) is 81.1 Å². The Morgan fingerprint density at radius 2 is 2.11 bits per heavy atom. The Bertz CT molecular complexity index is 916. The SMILES string of the molecule is C[C@@H]1COCCN1c1cc(C2CCCOC2)c2cnn(-c3cc[nH]n3)c2n1. The molecule has 8 heteroatoms.